The molecule has 70 valence electrons. The van der Waals surface area contributed by atoms with Crippen molar-refractivity contribution in [3.8, 4) is 0 Å². The maximum absolute atomic E-state index is 11.0. The van der Waals surface area contributed by atoms with Crippen molar-refractivity contribution in [2.75, 3.05) is 6.61 Å². The van der Waals surface area contributed by atoms with Crippen molar-refractivity contribution >= 4 is 14.8 Å². The van der Waals surface area contributed by atoms with Gasteiger partial charge in [-0.1, -0.05) is 6.58 Å². The average molecular weight is 186 g/mol. The molecule has 0 N–H and O–H groups in total. The summed E-state index contributed by atoms with van der Waals surface area (Å²) in [6, 6.07) is 0. The zero-order valence-corrected chi connectivity index (χ0v) is 9.38. The maximum atomic E-state index is 11.0. The normalized spacial score (nSPS) is 10.3. The minimum Gasteiger partial charge on any atom is -0.421 e. The molecular weight excluding hydrogens is 168 g/mol. The third kappa shape index (κ3) is 6.31. The molecule has 0 saturated heterocycles. The Hall–Kier alpha value is -0.413. The molecule has 0 atom stereocenters. The largest absolute Gasteiger partial charge is 0.421 e. The number of allylic oxidation sites excluding steroid dienone is 1. The van der Waals surface area contributed by atoms with Gasteiger partial charge < -0.3 is 4.43 Å². The van der Waals surface area contributed by atoms with Crippen LogP contribution in [0.3, 0.4) is 0 Å². The van der Waals surface area contributed by atoms with Crippen molar-refractivity contribution in [1.29, 1.82) is 0 Å². The van der Waals surface area contributed by atoms with Gasteiger partial charge in [-0.25, -0.2) is 0 Å². The second kappa shape index (κ2) is 6.14. The van der Waals surface area contributed by atoms with Gasteiger partial charge in [-0.3, -0.25) is 4.79 Å². The number of Topliss-reactive ketones (excluding diaryl/α,β-unsaturated/α-hetero) is 1. The molecule has 0 saturated carbocycles. The van der Waals surface area contributed by atoms with E-state index in [4.69, 9.17) is 4.43 Å². The van der Waals surface area contributed by atoms with Crippen molar-refractivity contribution in [1.82, 2.24) is 0 Å². The molecule has 0 aromatic heterocycles. The van der Waals surface area contributed by atoms with Crippen molar-refractivity contribution in [3.05, 3.63) is 12.2 Å². The van der Waals surface area contributed by atoms with Crippen LogP contribution in [0.15, 0.2) is 12.2 Å². The van der Waals surface area contributed by atoms with Gasteiger partial charge in [0.2, 0.25) is 0 Å². The van der Waals surface area contributed by atoms with E-state index in [1.54, 1.807) is 6.92 Å². The molecule has 0 spiro atoms. The SMILES string of the molecule is C=C(C)C(=O)CCCO[SiH](C)C. The zero-order valence-electron chi connectivity index (χ0n) is 8.22. The van der Waals surface area contributed by atoms with Crippen LogP contribution in [-0.2, 0) is 9.22 Å². The molecule has 0 aliphatic heterocycles. The van der Waals surface area contributed by atoms with E-state index in [9.17, 15) is 4.79 Å². The predicted molar refractivity (Wildman–Crippen MR) is 53.9 cm³/mol. The van der Waals surface area contributed by atoms with E-state index in [1.165, 1.54) is 0 Å². The van der Waals surface area contributed by atoms with Crippen molar-refractivity contribution in [2.45, 2.75) is 32.9 Å². The Morgan fingerprint density at radius 2 is 2.08 bits per heavy atom. The van der Waals surface area contributed by atoms with Crippen LogP contribution in [0.4, 0.5) is 0 Å². The molecule has 0 unspecified atom stereocenters. The van der Waals surface area contributed by atoms with Gasteiger partial charge in [0.15, 0.2) is 14.8 Å². The molecule has 3 heteroatoms. The molecule has 0 aliphatic rings. The fraction of sp³-hybridized carbons (Fsp3) is 0.667. The lowest BCUT2D eigenvalue weighted by molar-refractivity contribution is -0.115. The summed E-state index contributed by atoms with van der Waals surface area (Å²) in [5, 5.41) is 0. The number of carbonyl (C=O) groups excluding carboxylic acids is 1. The van der Waals surface area contributed by atoms with Crippen LogP contribution >= 0.6 is 0 Å². The summed E-state index contributed by atoms with van der Waals surface area (Å²) in [6.45, 7) is 10.3. The standard InChI is InChI=1S/C9H18O2Si/c1-8(2)9(10)6-5-7-11-12(3)4/h12H,1,5-7H2,2-4H3. The number of rotatable bonds is 6. The monoisotopic (exact) mass is 186 g/mol. The Labute approximate surface area is 76.3 Å². The average Bonchev–Trinajstić information content (AvgIpc) is 1.97. The Bertz CT molecular complexity index is 164. The summed E-state index contributed by atoms with van der Waals surface area (Å²) in [5.41, 5.74) is 0.650. The topological polar surface area (TPSA) is 26.3 Å². The van der Waals surface area contributed by atoms with E-state index in [1.807, 2.05) is 0 Å². The third-order valence-electron chi connectivity index (χ3n) is 1.48. The molecule has 0 aliphatic carbocycles. The summed E-state index contributed by atoms with van der Waals surface area (Å²) < 4.78 is 5.43. The van der Waals surface area contributed by atoms with Crippen molar-refractivity contribution in [3.63, 3.8) is 0 Å². The molecule has 0 radical (unpaired) electrons. The number of carbonyl (C=O) groups is 1. The highest BCUT2D eigenvalue weighted by molar-refractivity contribution is 6.48. The van der Waals surface area contributed by atoms with E-state index < -0.39 is 9.04 Å². The Morgan fingerprint density at radius 1 is 1.50 bits per heavy atom. The highest BCUT2D eigenvalue weighted by Gasteiger charge is 2.02. The van der Waals surface area contributed by atoms with Crippen LogP contribution in [0, 0.1) is 0 Å². The highest BCUT2D eigenvalue weighted by Crippen LogP contribution is 1.99. The molecule has 0 bridgehead atoms. The van der Waals surface area contributed by atoms with Crippen molar-refractivity contribution < 1.29 is 9.22 Å². The minimum absolute atomic E-state index is 0.157. The second-order valence-electron chi connectivity index (χ2n) is 3.23. The molecule has 0 rings (SSSR count). The minimum atomic E-state index is -0.892. The van der Waals surface area contributed by atoms with E-state index in [2.05, 4.69) is 19.7 Å². The third-order valence-corrected chi connectivity index (χ3v) is 2.38. The van der Waals surface area contributed by atoms with Crippen LogP contribution in [0.5, 0.6) is 0 Å². The van der Waals surface area contributed by atoms with Gasteiger partial charge in [-0.05, 0) is 32.0 Å². The van der Waals surface area contributed by atoms with Crippen LogP contribution in [0.1, 0.15) is 19.8 Å². The van der Waals surface area contributed by atoms with Crippen LogP contribution in [0.2, 0.25) is 13.1 Å². The summed E-state index contributed by atoms with van der Waals surface area (Å²) in [7, 11) is -0.892. The van der Waals surface area contributed by atoms with Crippen molar-refractivity contribution in [2.24, 2.45) is 0 Å². The highest BCUT2D eigenvalue weighted by atomic mass is 28.3. The quantitative estimate of drug-likeness (QED) is 0.360. The van der Waals surface area contributed by atoms with E-state index in [0.29, 0.717) is 12.0 Å². The lowest BCUT2D eigenvalue weighted by atomic mass is 10.1. The molecule has 0 heterocycles. The first-order chi connectivity index (χ1) is 5.54. The van der Waals surface area contributed by atoms with Crippen LogP contribution in [0.25, 0.3) is 0 Å². The number of hydrogen-bond donors (Lipinski definition) is 0. The molecule has 2 nitrogen and oxygen atoms in total. The molecule has 0 aromatic carbocycles. The number of ketones is 1. The van der Waals surface area contributed by atoms with E-state index >= 15 is 0 Å². The van der Waals surface area contributed by atoms with E-state index in [-0.39, 0.29) is 5.78 Å². The smallest absolute Gasteiger partial charge is 0.170 e. The van der Waals surface area contributed by atoms with Gasteiger partial charge in [-0.2, -0.15) is 0 Å². The molecule has 0 aromatic rings. The van der Waals surface area contributed by atoms with Gasteiger partial charge in [0.1, 0.15) is 0 Å². The fourth-order valence-corrected chi connectivity index (χ4v) is 1.40. The van der Waals surface area contributed by atoms with Gasteiger partial charge in [0, 0.05) is 13.0 Å². The first-order valence-corrected chi connectivity index (χ1v) is 7.12. The second-order valence-corrected chi connectivity index (χ2v) is 5.66. The fourth-order valence-electron chi connectivity index (χ4n) is 0.765. The summed E-state index contributed by atoms with van der Waals surface area (Å²) in [4.78, 5) is 11.0. The van der Waals surface area contributed by atoms with Crippen LogP contribution in [-0.4, -0.2) is 21.4 Å². The van der Waals surface area contributed by atoms with Gasteiger partial charge in [0.25, 0.3) is 0 Å². The Morgan fingerprint density at radius 3 is 2.50 bits per heavy atom. The Kier molecular flexibility index (Phi) is 5.93. The first-order valence-electron chi connectivity index (χ1n) is 4.34. The van der Waals surface area contributed by atoms with Crippen LogP contribution < -0.4 is 0 Å². The molecule has 12 heavy (non-hydrogen) atoms. The Balaban J connectivity index is 3.32. The molecule has 0 fully saturated rings. The lowest BCUT2D eigenvalue weighted by Crippen LogP contribution is -2.10. The van der Waals surface area contributed by atoms with Gasteiger partial charge in [-0.15, -0.1) is 0 Å². The zero-order chi connectivity index (χ0) is 9.56. The maximum Gasteiger partial charge on any atom is 0.170 e. The summed E-state index contributed by atoms with van der Waals surface area (Å²) in [6.07, 6.45) is 1.41. The summed E-state index contributed by atoms with van der Waals surface area (Å²) in [5.74, 6) is 0.157. The summed E-state index contributed by atoms with van der Waals surface area (Å²) >= 11 is 0. The van der Waals surface area contributed by atoms with E-state index in [0.717, 1.165) is 13.0 Å². The molecular formula is C9H18O2Si. The predicted octanol–water partition coefficient (Wildman–Crippen LogP) is 1.91. The van der Waals surface area contributed by atoms with Gasteiger partial charge in [0.05, 0.1) is 0 Å². The van der Waals surface area contributed by atoms with Gasteiger partial charge >= 0.3 is 0 Å². The molecule has 0 amide bonds. The lowest BCUT2D eigenvalue weighted by Gasteiger charge is -2.05. The number of hydrogen-bond acceptors (Lipinski definition) is 2. The first kappa shape index (κ1) is 11.6.